The minimum atomic E-state index is 0. The van der Waals surface area contributed by atoms with Crippen LogP contribution >= 0.6 is 0 Å². The average Bonchev–Trinajstić information content (AvgIpc) is 0. The van der Waals surface area contributed by atoms with Gasteiger partial charge >= 0.3 is 23.1 Å². The molecule has 0 radical (unpaired) electrons. The summed E-state index contributed by atoms with van der Waals surface area (Å²) < 4.78 is 0. The summed E-state index contributed by atoms with van der Waals surface area (Å²) in [5.41, 5.74) is 0. The van der Waals surface area contributed by atoms with Crippen molar-refractivity contribution in [1.29, 1.82) is 0 Å². The van der Waals surface area contributed by atoms with Crippen LogP contribution in [-0.2, 0) is 0 Å². The quantitative estimate of drug-likeness (QED) is 0.279. The van der Waals surface area contributed by atoms with Gasteiger partial charge in [-0.3, -0.25) is 0 Å². The van der Waals surface area contributed by atoms with Crippen molar-refractivity contribution in [2.75, 3.05) is 0 Å². The Morgan fingerprint density at radius 1 is 0.500 bits per heavy atom. The van der Waals surface area contributed by atoms with Gasteiger partial charge in [-0.2, -0.15) is 0 Å². The van der Waals surface area contributed by atoms with Crippen molar-refractivity contribution in [2.24, 2.45) is 0 Å². The fraction of sp³-hybridized carbons (Fsp3) is 0. The van der Waals surface area contributed by atoms with Gasteiger partial charge in [0.15, 0.2) is 0 Å². The fourth-order valence-corrected chi connectivity index (χ4v) is 0. The van der Waals surface area contributed by atoms with Gasteiger partial charge in [0, 0.05) is 0 Å². The first-order valence-electron chi connectivity index (χ1n) is 0. The SMILES string of the molecule is O.O.O.[Mg+2]. The van der Waals surface area contributed by atoms with Gasteiger partial charge in [-0.25, -0.2) is 0 Å². The standard InChI is InChI=1S/Mg.3H2O/h;3*1H2/q+2;;;. The van der Waals surface area contributed by atoms with E-state index in [2.05, 4.69) is 0 Å². The molecule has 3 nitrogen and oxygen atoms in total. The third-order valence-corrected chi connectivity index (χ3v) is 0. The van der Waals surface area contributed by atoms with E-state index >= 15 is 0 Å². The van der Waals surface area contributed by atoms with E-state index in [0.717, 1.165) is 0 Å². The second-order valence-electron chi connectivity index (χ2n) is 0. The Labute approximate surface area is 40.1 Å². The topological polar surface area (TPSA) is 94.5 Å². The molecule has 0 rings (SSSR count). The maximum atomic E-state index is 0. The summed E-state index contributed by atoms with van der Waals surface area (Å²) in [4.78, 5) is 0. The summed E-state index contributed by atoms with van der Waals surface area (Å²) in [6, 6.07) is 0. The maximum absolute atomic E-state index is 0. The predicted octanol–water partition coefficient (Wildman–Crippen LogP) is -2.85. The Morgan fingerprint density at radius 2 is 0.500 bits per heavy atom. The van der Waals surface area contributed by atoms with Gasteiger partial charge in [0.05, 0.1) is 0 Å². The molecule has 0 atom stereocenters. The smallest absolute Gasteiger partial charge is 0.412 e. The van der Waals surface area contributed by atoms with Crippen LogP contribution in [0.15, 0.2) is 0 Å². The molecule has 0 aromatic heterocycles. The normalized spacial score (nSPS) is 0. The molecule has 4 heavy (non-hydrogen) atoms. The van der Waals surface area contributed by atoms with Crippen molar-refractivity contribution in [3.63, 3.8) is 0 Å². The molecule has 0 aliphatic rings. The first-order valence-corrected chi connectivity index (χ1v) is 0. The van der Waals surface area contributed by atoms with Crippen molar-refractivity contribution in [3.8, 4) is 0 Å². The van der Waals surface area contributed by atoms with Crippen LogP contribution in [0.2, 0.25) is 0 Å². The number of hydrogen-bond acceptors (Lipinski definition) is 0. The Bertz CT molecular complexity index is 3.25. The van der Waals surface area contributed by atoms with Crippen molar-refractivity contribution < 1.29 is 16.4 Å². The van der Waals surface area contributed by atoms with Crippen LogP contribution in [0.25, 0.3) is 0 Å². The summed E-state index contributed by atoms with van der Waals surface area (Å²) in [6.07, 6.45) is 0. The van der Waals surface area contributed by atoms with Crippen molar-refractivity contribution in [2.45, 2.75) is 0 Å². The van der Waals surface area contributed by atoms with E-state index in [1.54, 1.807) is 0 Å². The summed E-state index contributed by atoms with van der Waals surface area (Å²) in [6.45, 7) is 0. The molecule has 6 N–H and O–H groups in total. The summed E-state index contributed by atoms with van der Waals surface area (Å²) in [5, 5.41) is 0. The molecule has 0 heterocycles. The molecule has 4 heteroatoms. The Kier molecular flexibility index (Phi) is 2260. The van der Waals surface area contributed by atoms with E-state index in [-0.39, 0.29) is 39.5 Å². The molecule has 0 saturated heterocycles. The van der Waals surface area contributed by atoms with Gasteiger partial charge in [0.2, 0.25) is 0 Å². The minimum Gasteiger partial charge on any atom is -0.412 e. The summed E-state index contributed by atoms with van der Waals surface area (Å²) in [7, 11) is 0. The molecule has 0 unspecified atom stereocenters. The maximum Gasteiger partial charge on any atom is 2.00 e. The Balaban J connectivity index is 0. The molecular formula is H6MgO3+2. The molecule has 0 amide bonds. The Morgan fingerprint density at radius 3 is 0.500 bits per heavy atom. The van der Waals surface area contributed by atoms with Crippen molar-refractivity contribution in [3.05, 3.63) is 0 Å². The van der Waals surface area contributed by atoms with E-state index < -0.39 is 0 Å². The van der Waals surface area contributed by atoms with E-state index in [0.29, 0.717) is 0 Å². The second-order valence-corrected chi connectivity index (χ2v) is 0. The fourth-order valence-electron chi connectivity index (χ4n) is 0. The van der Waals surface area contributed by atoms with E-state index in [1.807, 2.05) is 0 Å². The zero-order valence-corrected chi connectivity index (χ0v) is 3.62. The van der Waals surface area contributed by atoms with Crippen LogP contribution in [0.1, 0.15) is 0 Å². The molecular weight excluding hydrogens is 72.3 g/mol. The molecule has 0 saturated carbocycles. The molecule has 0 aromatic carbocycles. The number of hydrogen-bond donors (Lipinski definition) is 0. The van der Waals surface area contributed by atoms with Gasteiger partial charge < -0.3 is 16.4 Å². The van der Waals surface area contributed by atoms with E-state index in [1.165, 1.54) is 0 Å². The zero-order valence-electron chi connectivity index (χ0n) is 2.21. The van der Waals surface area contributed by atoms with Gasteiger partial charge in [0.1, 0.15) is 0 Å². The van der Waals surface area contributed by atoms with Crippen LogP contribution in [0, 0.1) is 0 Å². The summed E-state index contributed by atoms with van der Waals surface area (Å²) >= 11 is 0. The van der Waals surface area contributed by atoms with Crippen LogP contribution in [0.5, 0.6) is 0 Å². The predicted molar refractivity (Wildman–Crippen MR) is 16.6 cm³/mol. The molecule has 0 spiro atoms. The molecule has 0 aromatic rings. The van der Waals surface area contributed by atoms with E-state index in [9.17, 15) is 0 Å². The van der Waals surface area contributed by atoms with Crippen molar-refractivity contribution in [1.82, 2.24) is 0 Å². The number of rotatable bonds is 0. The van der Waals surface area contributed by atoms with Gasteiger partial charge in [0.25, 0.3) is 0 Å². The van der Waals surface area contributed by atoms with Gasteiger partial charge in [-0.05, 0) is 0 Å². The molecule has 24 valence electrons. The average molecular weight is 78.3 g/mol. The Hall–Kier alpha value is 0.646. The molecule has 0 aliphatic heterocycles. The second kappa shape index (κ2) is 61.1. The molecule has 0 bridgehead atoms. The first-order chi connectivity index (χ1) is 0. The minimum absolute atomic E-state index is 0. The third-order valence-electron chi connectivity index (χ3n) is 0. The molecule has 0 fully saturated rings. The van der Waals surface area contributed by atoms with E-state index in [4.69, 9.17) is 0 Å². The third kappa shape index (κ3) is 17.2. The monoisotopic (exact) mass is 78.0 g/mol. The molecule has 0 aliphatic carbocycles. The van der Waals surface area contributed by atoms with Crippen molar-refractivity contribution >= 4 is 23.1 Å². The largest absolute Gasteiger partial charge is 2.00 e. The first kappa shape index (κ1) is 148. The van der Waals surface area contributed by atoms with Crippen LogP contribution in [-0.4, -0.2) is 39.5 Å². The van der Waals surface area contributed by atoms with Gasteiger partial charge in [-0.1, -0.05) is 0 Å². The summed E-state index contributed by atoms with van der Waals surface area (Å²) in [5.74, 6) is 0. The van der Waals surface area contributed by atoms with Crippen LogP contribution in [0.4, 0.5) is 0 Å². The van der Waals surface area contributed by atoms with Crippen LogP contribution < -0.4 is 0 Å². The van der Waals surface area contributed by atoms with Crippen LogP contribution in [0.3, 0.4) is 0 Å². The van der Waals surface area contributed by atoms with Gasteiger partial charge in [-0.15, -0.1) is 0 Å². The zero-order chi connectivity index (χ0) is 0.